The van der Waals surface area contributed by atoms with Gasteiger partial charge in [-0.15, -0.1) is 0 Å². The summed E-state index contributed by atoms with van der Waals surface area (Å²) in [5.74, 6) is -6.36. The zero-order chi connectivity index (χ0) is 33.0. The number of alkyl halides is 2. The van der Waals surface area contributed by atoms with Gasteiger partial charge in [-0.2, -0.15) is 14.0 Å². The number of rotatable bonds is 10. The van der Waals surface area contributed by atoms with Crippen molar-refractivity contribution in [2.24, 2.45) is 11.8 Å². The summed E-state index contributed by atoms with van der Waals surface area (Å²) < 4.78 is 114. The highest BCUT2D eigenvalue weighted by Gasteiger charge is 2.42. The van der Waals surface area contributed by atoms with Crippen LogP contribution >= 0.6 is 0 Å². The lowest BCUT2D eigenvalue weighted by molar-refractivity contribution is -0.189. The normalized spacial score (nSPS) is 22.0. The number of hydrogen-bond donors (Lipinski definition) is 0. The second kappa shape index (κ2) is 14.5. The van der Waals surface area contributed by atoms with E-state index in [1.54, 1.807) is 0 Å². The number of benzene rings is 3. The van der Waals surface area contributed by atoms with Crippen molar-refractivity contribution in [2.75, 3.05) is 6.61 Å². The molecule has 0 heterocycles. The van der Waals surface area contributed by atoms with Crippen LogP contribution in [0.25, 0.3) is 11.1 Å². The Kier molecular flexibility index (Phi) is 10.6. The summed E-state index contributed by atoms with van der Waals surface area (Å²) in [4.78, 5) is 0. The number of hydrogen-bond acceptors (Lipinski definition) is 3. The van der Waals surface area contributed by atoms with Crippen molar-refractivity contribution in [3.8, 4) is 22.9 Å². The maximum absolute atomic E-state index is 15.1. The first-order chi connectivity index (χ1) is 22.0. The molecule has 2 saturated carbocycles. The van der Waals surface area contributed by atoms with Crippen LogP contribution in [-0.4, -0.2) is 12.7 Å². The first kappa shape index (κ1) is 33.8. The van der Waals surface area contributed by atoms with E-state index in [0.717, 1.165) is 94.4 Å². The molecular weight excluding hydrogens is 611 g/mol. The summed E-state index contributed by atoms with van der Waals surface area (Å²) in [6.45, 7) is 2.95. The zero-order valence-corrected chi connectivity index (χ0v) is 25.5. The Bertz CT molecular complexity index is 1520. The van der Waals surface area contributed by atoms with Crippen molar-refractivity contribution >= 4 is 0 Å². The van der Waals surface area contributed by atoms with Crippen LogP contribution in [-0.2, 0) is 10.8 Å². The van der Waals surface area contributed by atoms with Crippen LogP contribution in [0, 0.1) is 52.3 Å². The van der Waals surface area contributed by atoms with E-state index in [1.165, 1.54) is 6.07 Å². The molecule has 0 unspecified atom stereocenters. The number of halogens is 7. The van der Waals surface area contributed by atoms with E-state index in [-0.39, 0.29) is 17.0 Å². The van der Waals surface area contributed by atoms with Crippen molar-refractivity contribution in [3.63, 3.8) is 0 Å². The van der Waals surface area contributed by atoms with E-state index in [4.69, 9.17) is 10.00 Å². The molecule has 10 heteroatoms. The predicted octanol–water partition coefficient (Wildman–Crippen LogP) is 10.7. The van der Waals surface area contributed by atoms with Gasteiger partial charge in [0.15, 0.2) is 0 Å². The topological polar surface area (TPSA) is 42.2 Å². The summed E-state index contributed by atoms with van der Waals surface area (Å²) >= 11 is 0. The molecular formula is C36H36F7NO2. The molecule has 0 aromatic heterocycles. The van der Waals surface area contributed by atoms with Gasteiger partial charge in [-0.3, -0.25) is 0 Å². The molecule has 0 saturated heterocycles. The Hall–Kier alpha value is -3.58. The molecule has 0 aliphatic heterocycles. The summed E-state index contributed by atoms with van der Waals surface area (Å²) in [5, 5.41) is 8.81. The van der Waals surface area contributed by atoms with Gasteiger partial charge in [-0.05, 0) is 123 Å². The van der Waals surface area contributed by atoms with Gasteiger partial charge in [0, 0.05) is 18.2 Å². The predicted molar refractivity (Wildman–Crippen MR) is 159 cm³/mol. The smallest absolute Gasteiger partial charge is 0.429 e. The summed E-state index contributed by atoms with van der Waals surface area (Å²) in [5.41, 5.74) is -2.78. The van der Waals surface area contributed by atoms with Gasteiger partial charge in [0.1, 0.15) is 52.0 Å². The molecule has 0 spiro atoms. The van der Waals surface area contributed by atoms with Crippen LogP contribution in [0.15, 0.2) is 42.5 Å². The standard InChI is InChI=1S/C36H36F7NO2/c1-2-3-14-45-26-10-8-22(9-11-26)21-4-6-23(7-5-21)24-15-33(40)35(34(41)16-24)36(42,43)46-27-12-13-28(32(39)19-27)25-17-30(37)29(20-44)31(38)18-25/h12-13,15-19,21-23,26H,2-11,14H2,1H3. The van der Waals surface area contributed by atoms with E-state index in [2.05, 4.69) is 11.7 Å². The number of nitriles is 1. The molecule has 3 aromatic carbocycles. The summed E-state index contributed by atoms with van der Waals surface area (Å²) in [6, 6.07) is 6.99. The van der Waals surface area contributed by atoms with Crippen molar-refractivity contribution in [1.29, 1.82) is 5.26 Å². The SMILES string of the molecule is CCCCOC1CCC(C2CCC(c3cc(F)c(C(F)(F)Oc4ccc(-c5cc(F)c(C#N)c(F)c5)c(F)c4)c(F)c3)CC2)CC1. The molecule has 0 amide bonds. The monoisotopic (exact) mass is 647 g/mol. The van der Waals surface area contributed by atoms with Crippen LogP contribution in [0.2, 0.25) is 0 Å². The largest absolute Gasteiger partial charge is 0.432 e. The second-order valence-electron chi connectivity index (χ2n) is 12.4. The molecule has 246 valence electrons. The van der Waals surface area contributed by atoms with Crippen molar-refractivity contribution in [1.82, 2.24) is 0 Å². The van der Waals surface area contributed by atoms with Crippen molar-refractivity contribution < 1.29 is 40.2 Å². The average Bonchev–Trinajstić information content (AvgIpc) is 3.01. The van der Waals surface area contributed by atoms with Crippen LogP contribution in [0.1, 0.15) is 93.7 Å². The molecule has 0 N–H and O–H groups in total. The molecule has 0 radical (unpaired) electrons. The Balaban J connectivity index is 1.22. The molecule has 46 heavy (non-hydrogen) atoms. The minimum Gasteiger partial charge on any atom is -0.429 e. The molecule has 0 bridgehead atoms. The number of nitrogens with zero attached hydrogens (tertiary/aromatic N) is 1. The van der Waals surface area contributed by atoms with E-state index >= 15 is 17.6 Å². The van der Waals surface area contributed by atoms with Gasteiger partial charge in [-0.1, -0.05) is 13.3 Å². The van der Waals surface area contributed by atoms with E-state index < -0.39 is 52.1 Å². The number of ether oxygens (including phenoxy) is 2. The first-order valence-corrected chi connectivity index (χ1v) is 15.9. The van der Waals surface area contributed by atoms with E-state index in [9.17, 15) is 13.2 Å². The molecule has 3 aromatic rings. The molecule has 2 aliphatic carbocycles. The van der Waals surface area contributed by atoms with Gasteiger partial charge < -0.3 is 9.47 Å². The zero-order valence-electron chi connectivity index (χ0n) is 25.5. The third-order valence-electron chi connectivity index (χ3n) is 9.49. The lowest BCUT2D eigenvalue weighted by Crippen LogP contribution is -2.28. The molecule has 2 fully saturated rings. The van der Waals surface area contributed by atoms with Gasteiger partial charge >= 0.3 is 6.11 Å². The number of unbranched alkanes of at least 4 members (excludes halogenated alkanes) is 1. The fourth-order valence-corrected chi connectivity index (χ4v) is 6.98. The average molecular weight is 648 g/mol. The maximum atomic E-state index is 15.1. The second-order valence-corrected chi connectivity index (χ2v) is 12.4. The van der Waals surface area contributed by atoms with Gasteiger partial charge in [0.2, 0.25) is 0 Å². The summed E-state index contributed by atoms with van der Waals surface area (Å²) in [6.07, 6.45) is 5.57. The highest BCUT2D eigenvalue weighted by molar-refractivity contribution is 5.66. The van der Waals surface area contributed by atoms with Crippen molar-refractivity contribution in [3.05, 3.63) is 88.2 Å². The van der Waals surface area contributed by atoms with Gasteiger partial charge in [-0.25, -0.2) is 22.0 Å². The molecule has 3 nitrogen and oxygen atoms in total. The fraction of sp³-hybridized carbons (Fsp3) is 0.472. The third kappa shape index (κ3) is 7.52. The lowest BCUT2D eigenvalue weighted by Gasteiger charge is -2.38. The fourth-order valence-electron chi connectivity index (χ4n) is 6.98. The maximum Gasteiger partial charge on any atom is 0.432 e. The minimum atomic E-state index is -4.50. The third-order valence-corrected chi connectivity index (χ3v) is 9.49. The van der Waals surface area contributed by atoms with Crippen LogP contribution in [0.5, 0.6) is 5.75 Å². The van der Waals surface area contributed by atoms with E-state index in [1.807, 2.05) is 0 Å². The Morgan fingerprint density at radius 3 is 1.89 bits per heavy atom. The molecule has 0 atom stereocenters. The molecule has 2 aliphatic rings. The lowest BCUT2D eigenvalue weighted by atomic mass is 9.69. The minimum absolute atomic E-state index is 0.156. The molecule has 5 rings (SSSR count). The van der Waals surface area contributed by atoms with Crippen LogP contribution in [0.4, 0.5) is 30.7 Å². The van der Waals surface area contributed by atoms with Gasteiger partial charge in [0.25, 0.3) is 0 Å². The highest BCUT2D eigenvalue weighted by Crippen LogP contribution is 2.45. The Morgan fingerprint density at radius 2 is 1.35 bits per heavy atom. The van der Waals surface area contributed by atoms with Gasteiger partial charge in [0.05, 0.1) is 6.10 Å². The quantitative estimate of drug-likeness (QED) is 0.162. The van der Waals surface area contributed by atoms with Crippen molar-refractivity contribution in [2.45, 2.75) is 89.3 Å². The van der Waals surface area contributed by atoms with Crippen LogP contribution in [0.3, 0.4) is 0 Å². The first-order valence-electron chi connectivity index (χ1n) is 15.9. The Labute approximate surface area is 264 Å². The Morgan fingerprint density at radius 1 is 0.761 bits per heavy atom. The van der Waals surface area contributed by atoms with E-state index in [0.29, 0.717) is 42.4 Å². The summed E-state index contributed by atoms with van der Waals surface area (Å²) in [7, 11) is 0. The highest BCUT2D eigenvalue weighted by atomic mass is 19.3. The van der Waals surface area contributed by atoms with Crippen LogP contribution < -0.4 is 4.74 Å².